The Morgan fingerprint density at radius 2 is 0.800 bits per heavy atom. The third-order valence-corrected chi connectivity index (χ3v) is 7.79. The Morgan fingerprint density at radius 1 is 0.444 bits per heavy atom. The van der Waals surface area contributed by atoms with Crippen LogP contribution in [-0.2, 0) is 28.4 Å². The van der Waals surface area contributed by atoms with Crippen molar-refractivity contribution in [1.82, 2.24) is 0 Å². The Labute approximate surface area is 255 Å². The van der Waals surface area contributed by atoms with E-state index in [1.807, 2.05) is 0 Å². The van der Waals surface area contributed by atoms with Crippen molar-refractivity contribution in [1.29, 1.82) is 0 Å². The molecule has 0 unspecified atom stereocenters. The van der Waals surface area contributed by atoms with Gasteiger partial charge in [-0.3, -0.25) is 0 Å². The summed E-state index contributed by atoms with van der Waals surface area (Å²) in [5.74, 6) is 0. The van der Waals surface area contributed by atoms with E-state index in [2.05, 4.69) is 0 Å². The van der Waals surface area contributed by atoms with E-state index in [-0.39, 0.29) is 0 Å². The van der Waals surface area contributed by atoms with Crippen molar-refractivity contribution in [2.45, 2.75) is 117 Å². The molecule has 21 nitrogen and oxygen atoms in total. The molecule has 0 bridgehead atoms. The zero-order valence-electron chi connectivity index (χ0n) is 23.7. The van der Waals surface area contributed by atoms with Crippen molar-refractivity contribution >= 4 is 0 Å². The summed E-state index contributed by atoms with van der Waals surface area (Å²) in [5, 5.41) is 149. The SMILES string of the molecule is OC[C@H](O)[C@@H](O)[C@H](O)[C@H](O)CO[C@H]1O[C@H](CO[C@H]2O[C@H](CO[C@@H]3O[C@H](CO)[C@@H](O)[C@H](O)[C@H]3O)[C@@H](O)[C@H](O)[C@H]2O)[C@H](O)[C@H](O)[C@H]1O. The topological polar surface area (TPSA) is 359 Å². The molecule has 0 aromatic rings. The minimum atomic E-state index is -2.01. The first-order valence-corrected chi connectivity index (χ1v) is 14.0. The second kappa shape index (κ2) is 17.0. The zero-order chi connectivity index (χ0) is 33.7. The molecule has 19 atom stereocenters. The molecule has 3 heterocycles. The van der Waals surface area contributed by atoms with Crippen LogP contribution in [0.4, 0.5) is 0 Å². The third kappa shape index (κ3) is 9.00. The summed E-state index contributed by atoms with van der Waals surface area (Å²) in [6.07, 6.45) is -33.4. The normalized spacial score (nSPS) is 45.5. The molecule has 0 aliphatic carbocycles. The number of ether oxygens (including phenoxy) is 6. The van der Waals surface area contributed by atoms with Crippen molar-refractivity contribution in [3.05, 3.63) is 0 Å². The molecule has 3 saturated heterocycles. The summed E-state index contributed by atoms with van der Waals surface area (Å²) >= 11 is 0. The van der Waals surface area contributed by atoms with Crippen molar-refractivity contribution in [3.63, 3.8) is 0 Å². The lowest BCUT2D eigenvalue weighted by atomic mass is 9.98. The highest BCUT2D eigenvalue weighted by Crippen LogP contribution is 2.28. The lowest BCUT2D eigenvalue weighted by molar-refractivity contribution is -0.343. The molecule has 0 spiro atoms. The first kappa shape index (κ1) is 38.6. The van der Waals surface area contributed by atoms with Crippen LogP contribution in [0.2, 0.25) is 0 Å². The van der Waals surface area contributed by atoms with E-state index in [0.717, 1.165) is 0 Å². The van der Waals surface area contributed by atoms with Gasteiger partial charge in [-0.15, -0.1) is 0 Å². The molecule has 0 amide bonds. The highest BCUT2D eigenvalue weighted by Gasteiger charge is 2.49. The van der Waals surface area contributed by atoms with Crippen LogP contribution >= 0.6 is 0 Å². The summed E-state index contributed by atoms with van der Waals surface area (Å²) < 4.78 is 31.9. The first-order chi connectivity index (χ1) is 21.1. The van der Waals surface area contributed by atoms with Crippen LogP contribution in [0, 0.1) is 0 Å². The second-order valence-corrected chi connectivity index (χ2v) is 11.0. The molecule has 0 radical (unpaired) electrons. The Kier molecular flexibility index (Phi) is 14.6. The monoisotopic (exact) mass is 668 g/mol. The predicted molar refractivity (Wildman–Crippen MR) is 136 cm³/mol. The van der Waals surface area contributed by atoms with Gasteiger partial charge in [-0.2, -0.15) is 0 Å². The fourth-order valence-corrected chi connectivity index (χ4v) is 4.82. The van der Waals surface area contributed by atoms with Crippen LogP contribution in [0.3, 0.4) is 0 Å². The largest absolute Gasteiger partial charge is 0.394 e. The van der Waals surface area contributed by atoms with Gasteiger partial charge in [0.1, 0.15) is 97.7 Å². The minimum Gasteiger partial charge on any atom is -0.394 e. The van der Waals surface area contributed by atoms with Gasteiger partial charge in [0.15, 0.2) is 18.9 Å². The van der Waals surface area contributed by atoms with Crippen LogP contribution in [0.25, 0.3) is 0 Å². The quantitative estimate of drug-likeness (QED) is 0.0816. The molecule has 45 heavy (non-hydrogen) atoms. The molecule has 15 N–H and O–H groups in total. The van der Waals surface area contributed by atoms with Gasteiger partial charge in [-0.1, -0.05) is 0 Å². The third-order valence-electron chi connectivity index (χ3n) is 7.79. The lowest BCUT2D eigenvalue weighted by Gasteiger charge is -2.44. The summed E-state index contributed by atoms with van der Waals surface area (Å²) in [6, 6.07) is 0. The molecule has 21 heteroatoms. The number of aliphatic hydroxyl groups is 15. The van der Waals surface area contributed by atoms with Gasteiger partial charge >= 0.3 is 0 Å². The van der Waals surface area contributed by atoms with E-state index in [9.17, 15) is 71.5 Å². The second-order valence-electron chi connectivity index (χ2n) is 11.0. The molecule has 3 fully saturated rings. The summed E-state index contributed by atoms with van der Waals surface area (Å²) in [5.41, 5.74) is 0. The molecule has 3 aliphatic rings. The van der Waals surface area contributed by atoms with E-state index in [4.69, 9.17) is 33.5 Å². The molecule has 3 aliphatic heterocycles. The van der Waals surface area contributed by atoms with Crippen LogP contribution in [0.1, 0.15) is 0 Å². The van der Waals surface area contributed by atoms with Gasteiger partial charge in [0, 0.05) is 0 Å². The number of hydrogen-bond acceptors (Lipinski definition) is 21. The van der Waals surface area contributed by atoms with Crippen LogP contribution in [0.5, 0.6) is 0 Å². The molecular formula is C24H44O21. The average Bonchev–Trinajstić information content (AvgIpc) is 3.03. The van der Waals surface area contributed by atoms with Crippen molar-refractivity contribution in [2.24, 2.45) is 0 Å². The van der Waals surface area contributed by atoms with Gasteiger partial charge < -0.3 is 105 Å². The van der Waals surface area contributed by atoms with Crippen LogP contribution in [-0.4, -0.2) is 226 Å². The minimum absolute atomic E-state index is 0.644. The van der Waals surface area contributed by atoms with E-state index in [1.54, 1.807) is 0 Å². The first-order valence-electron chi connectivity index (χ1n) is 14.0. The number of aliphatic hydroxyl groups excluding tert-OH is 15. The summed E-state index contributed by atoms with van der Waals surface area (Å²) in [6.45, 7) is -3.85. The predicted octanol–water partition coefficient (Wildman–Crippen LogP) is -10.1. The van der Waals surface area contributed by atoms with Crippen LogP contribution < -0.4 is 0 Å². The Balaban J connectivity index is 1.58. The van der Waals surface area contributed by atoms with Gasteiger partial charge in [-0.25, -0.2) is 0 Å². The molecule has 0 aromatic heterocycles. The van der Waals surface area contributed by atoms with E-state index < -0.39 is 150 Å². The van der Waals surface area contributed by atoms with Crippen molar-refractivity contribution < 1.29 is 105 Å². The molecule has 266 valence electrons. The van der Waals surface area contributed by atoms with Gasteiger partial charge in [0.25, 0.3) is 0 Å². The zero-order valence-corrected chi connectivity index (χ0v) is 23.7. The fourth-order valence-electron chi connectivity index (χ4n) is 4.82. The number of rotatable bonds is 14. The van der Waals surface area contributed by atoms with Crippen LogP contribution in [0.15, 0.2) is 0 Å². The lowest BCUT2D eigenvalue weighted by Crippen LogP contribution is -2.62. The fraction of sp³-hybridized carbons (Fsp3) is 1.00. The van der Waals surface area contributed by atoms with Crippen molar-refractivity contribution in [3.8, 4) is 0 Å². The smallest absolute Gasteiger partial charge is 0.186 e. The summed E-state index contributed by atoms with van der Waals surface area (Å²) in [4.78, 5) is 0. The number of hydrogen-bond donors (Lipinski definition) is 15. The molecule has 3 rings (SSSR count). The molecule has 0 aromatic carbocycles. The van der Waals surface area contributed by atoms with E-state index >= 15 is 0 Å². The summed E-state index contributed by atoms with van der Waals surface area (Å²) in [7, 11) is 0. The Hall–Kier alpha value is -0.840. The maximum Gasteiger partial charge on any atom is 0.186 e. The van der Waals surface area contributed by atoms with Gasteiger partial charge in [0.2, 0.25) is 0 Å². The highest BCUT2D eigenvalue weighted by atomic mass is 16.7. The molecule has 0 saturated carbocycles. The van der Waals surface area contributed by atoms with E-state index in [1.165, 1.54) is 0 Å². The van der Waals surface area contributed by atoms with Gasteiger partial charge in [-0.05, 0) is 0 Å². The Morgan fingerprint density at radius 3 is 1.20 bits per heavy atom. The maximum absolute atomic E-state index is 10.4. The maximum atomic E-state index is 10.4. The van der Waals surface area contributed by atoms with Crippen molar-refractivity contribution in [2.75, 3.05) is 33.0 Å². The average molecular weight is 669 g/mol. The van der Waals surface area contributed by atoms with Gasteiger partial charge in [0.05, 0.1) is 33.0 Å². The molecular weight excluding hydrogens is 624 g/mol. The standard InChI is InChI=1S/C24H44O21/c25-1-6(27)11(29)12(30)7(28)3-40-22-20(38)17(35)14(32)9(44-22)5-42-24-21(39)18(36)15(33)10(45-24)4-41-23-19(37)16(34)13(31)8(2-26)43-23/h6-39H,1-5H2/t6-,7+,8+,9+,10+,11+,12+,13+,14-,15+,16-,17-,18-,19+,20+,21+,22-,23+,24-/m0/s1. The highest BCUT2D eigenvalue weighted by molar-refractivity contribution is 4.93. The van der Waals surface area contributed by atoms with E-state index in [0.29, 0.717) is 0 Å². The Bertz CT molecular complexity index is 871.